The van der Waals surface area contributed by atoms with Gasteiger partial charge in [-0.25, -0.2) is 0 Å². The maximum atomic E-state index is 12.8. The predicted octanol–water partition coefficient (Wildman–Crippen LogP) is 2.30. The summed E-state index contributed by atoms with van der Waals surface area (Å²) in [5.74, 6) is 0.207. The van der Waals surface area contributed by atoms with Crippen LogP contribution >= 0.6 is 0 Å². The van der Waals surface area contributed by atoms with E-state index in [1.807, 2.05) is 49.1 Å². The molecule has 1 aliphatic heterocycles. The van der Waals surface area contributed by atoms with E-state index in [4.69, 9.17) is 5.73 Å². The Morgan fingerprint density at radius 3 is 2.53 bits per heavy atom. The summed E-state index contributed by atoms with van der Waals surface area (Å²) < 4.78 is 0. The van der Waals surface area contributed by atoms with E-state index in [-0.39, 0.29) is 18.0 Å². The predicted molar refractivity (Wildman–Crippen MR) is 77.9 cm³/mol. The van der Waals surface area contributed by atoms with Crippen molar-refractivity contribution in [2.24, 2.45) is 5.73 Å². The minimum atomic E-state index is -0.475. The number of nitrogens with zero attached hydrogens (tertiary/aromatic N) is 1. The molecular weight excluding hydrogens is 236 g/mol. The van der Waals surface area contributed by atoms with Gasteiger partial charge in [0.25, 0.3) is 0 Å². The number of nitrogens with two attached hydrogens (primary N) is 1. The molecule has 1 aliphatic rings. The van der Waals surface area contributed by atoms with E-state index in [1.165, 1.54) is 0 Å². The van der Waals surface area contributed by atoms with Crippen molar-refractivity contribution in [3.8, 4) is 0 Å². The van der Waals surface area contributed by atoms with E-state index in [0.29, 0.717) is 0 Å². The summed E-state index contributed by atoms with van der Waals surface area (Å²) in [6.45, 7) is 6.88. The molecule has 0 aliphatic carbocycles. The van der Waals surface area contributed by atoms with Crippen LogP contribution in [0, 0.1) is 0 Å². The highest BCUT2D eigenvalue weighted by molar-refractivity contribution is 5.87. The minimum Gasteiger partial charge on any atom is -0.339 e. The molecule has 2 unspecified atom stereocenters. The highest BCUT2D eigenvalue weighted by Crippen LogP contribution is 2.28. The van der Waals surface area contributed by atoms with Crippen molar-refractivity contribution >= 4 is 5.91 Å². The summed E-state index contributed by atoms with van der Waals surface area (Å²) in [5, 5.41) is 0. The Labute approximate surface area is 115 Å². The molecule has 1 fully saturated rings. The van der Waals surface area contributed by atoms with Gasteiger partial charge in [0.05, 0.1) is 5.41 Å². The second-order valence-corrected chi connectivity index (χ2v) is 6.12. The maximum Gasteiger partial charge on any atom is 0.232 e. The highest BCUT2D eigenvalue weighted by Gasteiger charge is 2.37. The molecule has 2 N–H and O–H groups in total. The van der Waals surface area contributed by atoms with Crippen molar-refractivity contribution in [2.45, 2.75) is 51.1 Å². The molecule has 1 saturated heterocycles. The van der Waals surface area contributed by atoms with Crippen LogP contribution in [-0.2, 0) is 10.2 Å². The van der Waals surface area contributed by atoms with Crippen LogP contribution in [0.5, 0.6) is 0 Å². The van der Waals surface area contributed by atoms with Crippen molar-refractivity contribution in [3.05, 3.63) is 35.9 Å². The Hall–Kier alpha value is -1.35. The van der Waals surface area contributed by atoms with E-state index in [2.05, 4.69) is 6.92 Å². The second-order valence-electron chi connectivity index (χ2n) is 6.12. The second kappa shape index (κ2) is 5.33. The quantitative estimate of drug-likeness (QED) is 0.887. The van der Waals surface area contributed by atoms with Crippen molar-refractivity contribution in [2.75, 3.05) is 6.54 Å². The molecule has 0 aromatic heterocycles. The first-order valence-electron chi connectivity index (χ1n) is 7.05. The number of carbonyl (C=O) groups excluding carboxylic acids is 1. The number of benzene rings is 1. The smallest absolute Gasteiger partial charge is 0.232 e. The SMILES string of the molecule is CC1CC(N)CCN1C(=O)C(C)(C)c1ccccc1. The van der Waals surface area contributed by atoms with Gasteiger partial charge in [-0.05, 0) is 39.2 Å². The number of carbonyl (C=O) groups is 1. The molecule has 104 valence electrons. The molecule has 1 amide bonds. The Morgan fingerprint density at radius 2 is 1.95 bits per heavy atom. The lowest BCUT2D eigenvalue weighted by Crippen LogP contribution is -2.53. The Morgan fingerprint density at radius 1 is 1.32 bits per heavy atom. The van der Waals surface area contributed by atoms with Crippen LogP contribution < -0.4 is 5.73 Å². The van der Waals surface area contributed by atoms with E-state index >= 15 is 0 Å². The van der Waals surface area contributed by atoms with Gasteiger partial charge in [0, 0.05) is 18.6 Å². The van der Waals surface area contributed by atoms with Gasteiger partial charge in [-0.2, -0.15) is 0 Å². The van der Waals surface area contributed by atoms with Gasteiger partial charge in [0.1, 0.15) is 0 Å². The average molecular weight is 260 g/mol. The number of hydrogen-bond acceptors (Lipinski definition) is 2. The molecule has 0 radical (unpaired) electrons. The van der Waals surface area contributed by atoms with Crippen LogP contribution in [-0.4, -0.2) is 29.4 Å². The third-order valence-corrected chi connectivity index (χ3v) is 4.21. The molecule has 2 atom stereocenters. The summed E-state index contributed by atoms with van der Waals surface area (Å²) in [5.41, 5.74) is 6.57. The zero-order valence-corrected chi connectivity index (χ0v) is 12.1. The normalized spacial score (nSPS) is 24.3. The molecule has 1 aromatic rings. The van der Waals surface area contributed by atoms with Crippen LogP contribution in [0.1, 0.15) is 39.2 Å². The van der Waals surface area contributed by atoms with E-state index in [0.717, 1.165) is 24.9 Å². The molecule has 0 bridgehead atoms. The molecule has 0 spiro atoms. The fourth-order valence-electron chi connectivity index (χ4n) is 2.85. The Balaban J connectivity index is 2.19. The van der Waals surface area contributed by atoms with Crippen molar-refractivity contribution in [1.82, 2.24) is 4.90 Å². The third-order valence-electron chi connectivity index (χ3n) is 4.21. The lowest BCUT2D eigenvalue weighted by Gasteiger charge is -2.40. The average Bonchev–Trinajstić information content (AvgIpc) is 2.39. The lowest BCUT2D eigenvalue weighted by molar-refractivity contribution is -0.139. The van der Waals surface area contributed by atoms with Gasteiger partial charge < -0.3 is 10.6 Å². The Bertz CT molecular complexity index is 441. The van der Waals surface area contributed by atoms with E-state index in [1.54, 1.807) is 0 Å². The van der Waals surface area contributed by atoms with Crippen molar-refractivity contribution < 1.29 is 4.79 Å². The number of rotatable bonds is 2. The van der Waals surface area contributed by atoms with Crippen molar-refractivity contribution in [3.63, 3.8) is 0 Å². The van der Waals surface area contributed by atoms with Crippen molar-refractivity contribution in [1.29, 1.82) is 0 Å². The lowest BCUT2D eigenvalue weighted by atomic mass is 9.82. The summed E-state index contributed by atoms with van der Waals surface area (Å²) in [4.78, 5) is 14.8. The number of likely N-dealkylation sites (tertiary alicyclic amines) is 1. The molecule has 1 heterocycles. The molecule has 1 aromatic carbocycles. The monoisotopic (exact) mass is 260 g/mol. The van der Waals surface area contributed by atoms with Gasteiger partial charge in [0.2, 0.25) is 5.91 Å². The molecule has 2 rings (SSSR count). The first-order valence-corrected chi connectivity index (χ1v) is 7.05. The fourth-order valence-corrected chi connectivity index (χ4v) is 2.85. The van der Waals surface area contributed by atoms with Gasteiger partial charge >= 0.3 is 0 Å². The van der Waals surface area contributed by atoms with E-state index < -0.39 is 5.41 Å². The van der Waals surface area contributed by atoms with Crippen LogP contribution in [0.4, 0.5) is 0 Å². The Kier molecular flexibility index (Phi) is 3.95. The molecule has 3 heteroatoms. The molecule has 3 nitrogen and oxygen atoms in total. The third kappa shape index (κ3) is 2.81. The first-order chi connectivity index (χ1) is 8.93. The molecule has 0 saturated carbocycles. The molecular formula is C16H24N2O. The minimum absolute atomic E-state index is 0.207. The summed E-state index contributed by atoms with van der Waals surface area (Å²) in [7, 11) is 0. The largest absolute Gasteiger partial charge is 0.339 e. The van der Waals surface area contributed by atoms with Crippen LogP contribution in [0.3, 0.4) is 0 Å². The van der Waals surface area contributed by atoms with Crippen LogP contribution in [0.25, 0.3) is 0 Å². The van der Waals surface area contributed by atoms with Gasteiger partial charge in [-0.1, -0.05) is 30.3 Å². The maximum absolute atomic E-state index is 12.8. The zero-order chi connectivity index (χ0) is 14.0. The number of amides is 1. The van der Waals surface area contributed by atoms with Crippen LogP contribution in [0.2, 0.25) is 0 Å². The van der Waals surface area contributed by atoms with Gasteiger partial charge in [-0.15, -0.1) is 0 Å². The number of piperidine rings is 1. The number of hydrogen-bond donors (Lipinski definition) is 1. The standard InChI is InChI=1S/C16H24N2O/c1-12-11-14(17)9-10-18(12)15(19)16(2,3)13-7-5-4-6-8-13/h4-8,12,14H,9-11,17H2,1-3H3. The van der Waals surface area contributed by atoms with E-state index in [9.17, 15) is 4.79 Å². The molecule has 19 heavy (non-hydrogen) atoms. The van der Waals surface area contributed by atoms with Crippen LogP contribution in [0.15, 0.2) is 30.3 Å². The highest BCUT2D eigenvalue weighted by atomic mass is 16.2. The topological polar surface area (TPSA) is 46.3 Å². The first kappa shape index (κ1) is 14.1. The zero-order valence-electron chi connectivity index (χ0n) is 12.1. The summed E-state index contributed by atoms with van der Waals surface area (Å²) in [6.07, 6.45) is 1.80. The van der Waals surface area contributed by atoms with Gasteiger partial charge in [0.15, 0.2) is 0 Å². The van der Waals surface area contributed by atoms with Gasteiger partial charge in [-0.3, -0.25) is 4.79 Å². The fraction of sp³-hybridized carbons (Fsp3) is 0.562. The summed E-state index contributed by atoms with van der Waals surface area (Å²) in [6, 6.07) is 10.5. The summed E-state index contributed by atoms with van der Waals surface area (Å²) >= 11 is 0.